The molecule has 0 aromatic heterocycles. The van der Waals surface area contributed by atoms with E-state index in [0.29, 0.717) is 0 Å². The third-order valence-electron chi connectivity index (χ3n) is 6.52. The summed E-state index contributed by atoms with van der Waals surface area (Å²) < 4.78 is 0. The van der Waals surface area contributed by atoms with Gasteiger partial charge >= 0.3 is 0 Å². The molecule has 0 aliphatic heterocycles. The minimum absolute atomic E-state index is 0.0624. The summed E-state index contributed by atoms with van der Waals surface area (Å²) in [6, 6.07) is 36.9. The van der Waals surface area contributed by atoms with Crippen molar-refractivity contribution in [1.82, 2.24) is 0 Å². The van der Waals surface area contributed by atoms with Gasteiger partial charge in [-0.2, -0.15) is 0 Å². The summed E-state index contributed by atoms with van der Waals surface area (Å²) in [6.45, 7) is 6.64. The van der Waals surface area contributed by atoms with Gasteiger partial charge in [0, 0.05) is 5.69 Å². The summed E-state index contributed by atoms with van der Waals surface area (Å²) in [7, 11) is 0. The molecule has 4 aromatic carbocycles. The first-order chi connectivity index (χ1) is 16.4. The molecule has 34 heavy (non-hydrogen) atoms. The highest BCUT2D eigenvalue weighted by Gasteiger charge is 2.38. The number of hydrogen-bond donors (Lipinski definition) is 1. The fourth-order valence-corrected chi connectivity index (χ4v) is 4.71. The Morgan fingerprint density at radius 1 is 0.706 bits per heavy atom. The quantitative estimate of drug-likeness (QED) is 0.328. The van der Waals surface area contributed by atoms with Crippen LogP contribution in [0.3, 0.4) is 0 Å². The van der Waals surface area contributed by atoms with Crippen LogP contribution in [-0.2, 0) is 10.2 Å². The number of ketones is 1. The first-order valence-electron chi connectivity index (χ1n) is 11.8. The molecule has 1 unspecified atom stereocenters. The first kappa shape index (κ1) is 21.9. The molecule has 2 heteroatoms. The molecule has 1 aliphatic carbocycles. The molecule has 0 amide bonds. The van der Waals surface area contributed by atoms with E-state index < -0.39 is 0 Å². The highest BCUT2D eigenvalue weighted by atomic mass is 16.1. The molecule has 0 saturated carbocycles. The number of Topliss-reactive ketones (excluding diaryl/α,β-unsaturated/α-hetero) is 1. The van der Waals surface area contributed by atoms with E-state index in [1.54, 1.807) is 0 Å². The van der Waals surface area contributed by atoms with E-state index in [1.807, 2.05) is 72.8 Å². The fourth-order valence-electron chi connectivity index (χ4n) is 4.71. The monoisotopic (exact) mass is 443 g/mol. The summed E-state index contributed by atoms with van der Waals surface area (Å²) in [5.41, 5.74) is 7.97. The molecule has 0 bridgehead atoms. The smallest absolute Gasteiger partial charge is 0.177 e. The molecule has 4 aromatic rings. The second-order valence-electron chi connectivity index (χ2n) is 9.86. The summed E-state index contributed by atoms with van der Waals surface area (Å²) in [5.74, 6) is -0.167. The first-order valence-corrected chi connectivity index (χ1v) is 11.8. The molecule has 0 heterocycles. The van der Waals surface area contributed by atoms with E-state index in [-0.39, 0.29) is 17.1 Å². The van der Waals surface area contributed by atoms with Crippen LogP contribution in [0.15, 0.2) is 109 Å². The van der Waals surface area contributed by atoms with Gasteiger partial charge in [0.05, 0.1) is 17.2 Å². The van der Waals surface area contributed by atoms with Crippen molar-refractivity contribution < 1.29 is 4.79 Å². The zero-order valence-corrected chi connectivity index (χ0v) is 19.9. The zero-order valence-electron chi connectivity index (χ0n) is 19.9. The van der Waals surface area contributed by atoms with E-state index in [2.05, 4.69) is 62.5 Å². The molecule has 1 atom stereocenters. The minimum Gasteiger partial charge on any atom is -0.354 e. The molecule has 0 saturated heterocycles. The average Bonchev–Trinajstić information content (AvgIpc) is 3.15. The Labute approximate surface area is 202 Å². The Kier molecular flexibility index (Phi) is 5.67. The van der Waals surface area contributed by atoms with Gasteiger partial charge in [-0.1, -0.05) is 118 Å². The van der Waals surface area contributed by atoms with Gasteiger partial charge in [0.25, 0.3) is 0 Å². The number of rotatable bonds is 4. The lowest BCUT2D eigenvalue weighted by Gasteiger charge is -2.21. The Balaban J connectivity index is 1.72. The number of para-hydroxylation sites is 1. The molecule has 0 spiro atoms. The van der Waals surface area contributed by atoms with Crippen molar-refractivity contribution in [1.29, 1.82) is 0 Å². The van der Waals surface area contributed by atoms with Gasteiger partial charge in [-0.3, -0.25) is 4.79 Å². The van der Waals surface area contributed by atoms with E-state index in [1.165, 1.54) is 5.56 Å². The molecule has 0 radical (unpaired) electrons. The Morgan fingerprint density at radius 3 is 1.94 bits per heavy atom. The van der Waals surface area contributed by atoms with Gasteiger partial charge in [0.2, 0.25) is 0 Å². The summed E-state index contributed by atoms with van der Waals surface area (Å²) in [6.07, 6.45) is 0. The molecular formula is C32H29NO. The molecule has 5 rings (SSSR count). The minimum atomic E-state index is -0.297. The number of fused-ring (bicyclic) bond motifs is 1. The van der Waals surface area contributed by atoms with Gasteiger partial charge < -0.3 is 5.32 Å². The van der Waals surface area contributed by atoms with Crippen LogP contribution in [0, 0.1) is 0 Å². The van der Waals surface area contributed by atoms with Gasteiger partial charge in [0.15, 0.2) is 5.78 Å². The second kappa shape index (κ2) is 8.79. The van der Waals surface area contributed by atoms with Crippen molar-refractivity contribution >= 4 is 22.7 Å². The summed E-state index contributed by atoms with van der Waals surface area (Å²) in [5, 5.41) is 3.60. The van der Waals surface area contributed by atoms with E-state index in [9.17, 15) is 4.79 Å². The predicted octanol–water partition coefficient (Wildman–Crippen LogP) is 7.68. The third-order valence-corrected chi connectivity index (χ3v) is 6.52. The largest absolute Gasteiger partial charge is 0.354 e. The SMILES string of the molecule is CC(C)(C)c1ccc(/C(Nc2ccccc2)=C2/C(=O)C(c3ccccc3)c3ccccc32)cc1. The second-order valence-corrected chi connectivity index (χ2v) is 9.86. The standard InChI is InChI=1S/C32H29NO/c1-32(2,3)24-20-18-23(19-21-24)30(33-25-14-8-5-9-15-25)29-27-17-11-10-16-26(27)28(31(29)34)22-12-6-4-7-13-22/h4-21,28,33H,1-3H3/b30-29-. The summed E-state index contributed by atoms with van der Waals surface area (Å²) >= 11 is 0. The van der Waals surface area contributed by atoms with Gasteiger partial charge in [-0.05, 0) is 45.4 Å². The van der Waals surface area contributed by atoms with Crippen LogP contribution >= 0.6 is 0 Å². The van der Waals surface area contributed by atoms with Crippen LogP contribution < -0.4 is 5.32 Å². The lowest BCUT2D eigenvalue weighted by Crippen LogP contribution is -2.12. The van der Waals surface area contributed by atoms with E-state index >= 15 is 0 Å². The molecule has 0 fully saturated rings. The van der Waals surface area contributed by atoms with Crippen LogP contribution in [0.1, 0.15) is 54.5 Å². The van der Waals surface area contributed by atoms with Gasteiger partial charge in [0.1, 0.15) is 0 Å². The number of benzene rings is 4. The van der Waals surface area contributed by atoms with Crippen molar-refractivity contribution in [3.63, 3.8) is 0 Å². The molecule has 168 valence electrons. The lowest BCUT2D eigenvalue weighted by atomic mass is 9.86. The van der Waals surface area contributed by atoms with Crippen LogP contribution in [0.25, 0.3) is 11.3 Å². The van der Waals surface area contributed by atoms with Gasteiger partial charge in [-0.15, -0.1) is 0 Å². The van der Waals surface area contributed by atoms with Gasteiger partial charge in [-0.25, -0.2) is 0 Å². The topological polar surface area (TPSA) is 29.1 Å². The fraction of sp³-hybridized carbons (Fsp3) is 0.156. The summed E-state index contributed by atoms with van der Waals surface area (Å²) in [4.78, 5) is 14.1. The maximum atomic E-state index is 14.1. The highest BCUT2D eigenvalue weighted by molar-refractivity contribution is 6.35. The predicted molar refractivity (Wildman–Crippen MR) is 142 cm³/mol. The number of carbonyl (C=O) groups is 1. The number of allylic oxidation sites excluding steroid dienone is 1. The average molecular weight is 444 g/mol. The number of hydrogen-bond acceptors (Lipinski definition) is 2. The molecule has 2 nitrogen and oxygen atoms in total. The Bertz CT molecular complexity index is 1340. The Morgan fingerprint density at radius 2 is 1.29 bits per heavy atom. The highest BCUT2D eigenvalue weighted by Crippen LogP contribution is 2.45. The van der Waals surface area contributed by atoms with Crippen molar-refractivity contribution in [2.75, 3.05) is 5.32 Å². The van der Waals surface area contributed by atoms with Crippen LogP contribution in [0.5, 0.6) is 0 Å². The Hall–Kier alpha value is -3.91. The molecule has 1 N–H and O–H groups in total. The van der Waals surface area contributed by atoms with Crippen LogP contribution in [0.2, 0.25) is 0 Å². The van der Waals surface area contributed by atoms with Crippen molar-refractivity contribution in [3.8, 4) is 0 Å². The van der Waals surface area contributed by atoms with Crippen LogP contribution in [0.4, 0.5) is 5.69 Å². The van der Waals surface area contributed by atoms with Crippen molar-refractivity contribution in [2.45, 2.75) is 32.1 Å². The third kappa shape index (κ3) is 4.08. The van der Waals surface area contributed by atoms with Crippen molar-refractivity contribution in [3.05, 3.63) is 137 Å². The van der Waals surface area contributed by atoms with E-state index in [4.69, 9.17) is 0 Å². The number of carbonyl (C=O) groups excluding carboxylic acids is 1. The normalized spacial score (nSPS) is 16.8. The number of anilines is 1. The number of nitrogens with one attached hydrogen (secondary N) is 1. The zero-order chi connectivity index (χ0) is 23.7. The lowest BCUT2D eigenvalue weighted by molar-refractivity contribution is -0.113. The van der Waals surface area contributed by atoms with Crippen molar-refractivity contribution in [2.24, 2.45) is 0 Å². The van der Waals surface area contributed by atoms with E-state index in [0.717, 1.165) is 39.2 Å². The maximum Gasteiger partial charge on any atom is 0.177 e. The molecular weight excluding hydrogens is 414 g/mol. The molecule has 1 aliphatic rings. The maximum absolute atomic E-state index is 14.1. The van der Waals surface area contributed by atoms with Crippen LogP contribution in [-0.4, -0.2) is 5.78 Å².